The average Bonchev–Trinajstić information content (AvgIpc) is 2.70. The van der Waals surface area contributed by atoms with Crippen LogP contribution < -0.4 is 11.1 Å². The summed E-state index contributed by atoms with van der Waals surface area (Å²) in [5, 5.41) is 3.01. The molecule has 2 fully saturated rings. The van der Waals surface area contributed by atoms with E-state index in [1.807, 2.05) is 0 Å². The molecule has 2 aliphatic rings. The Kier molecular flexibility index (Phi) is 3.82. The zero-order valence-electron chi connectivity index (χ0n) is 9.84. The fraction of sp³-hybridized carbons (Fsp3) is 0.917. The third kappa shape index (κ3) is 3.19. The molecule has 92 valence electrons. The maximum absolute atomic E-state index is 11.8. The van der Waals surface area contributed by atoms with Crippen LogP contribution >= 0.6 is 0 Å². The fourth-order valence-corrected chi connectivity index (χ4v) is 2.68. The van der Waals surface area contributed by atoms with E-state index in [9.17, 15) is 4.79 Å². The Bertz CT molecular complexity index is 243. The van der Waals surface area contributed by atoms with Gasteiger partial charge >= 0.3 is 0 Å². The van der Waals surface area contributed by atoms with Crippen LogP contribution in [0.3, 0.4) is 0 Å². The molecule has 4 nitrogen and oxygen atoms in total. The molecule has 0 aromatic carbocycles. The lowest BCUT2D eigenvalue weighted by atomic mass is 9.80. The van der Waals surface area contributed by atoms with E-state index in [4.69, 9.17) is 10.5 Å². The van der Waals surface area contributed by atoms with Gasteiger partial charge in [0.15, 0.2) is 0 Å². The van der Waals surface area contributed by atoms with Crippen molar-refractivity contribution in [1.82, 2.24) is 5.32 Å². The number of hydrogen-bond donors (Lipinski definition) is 2. The van der Waals surface area contributed by atoms with E-state index < -0.39 is 0 Å². The Balaban J connectivity index is 1.76. The highest BCUT2D eigenvalue weighted by molar-refractivity contribution is 5.77. The second kappa shape index (κ2) is 5.15. The molecule has 1 aliphatic heterocycles. The minimum atomic E-state index is -0.248. The molecule has 3 N–H and O–H groups in total. The molecule has 16 heavy (non-hydrogen) atoms. The minimum absolute atomic E-state index is 0.0971. The predicted molar refractivity (Wildman–Crippen MR) is 62.0 cm³/mol. The van der Waals surface area contributed by atoms with Crippen LogP contribution in [-0.2, 0) is 9.53 Å². The van der Waals surface area contributed by atoms with Gasteiger partial charge in [-0.25, -0.2) is 0 Å². The number of ether oxygens (including phenoxy) is 1. The monoisotopic (exact) mass is 226 g/mol. The Labute approximate surface area is 96.9 Å². The standard InChI is InChI=1S/C12H22N2O2/c13-12(5-2-1-3-6-12)8-11(15)14-10-4-7-16-9-10/h10H,1-9,13H2,(H,14,15). The van der Waals surface area contributed by atoms with Crippen molar-refractivity contribution in [1.29, 1.82) is 0 Å². The number of rotatable bonds is 3. The molecule has 4 heteroatoms. The van der Waals surface area contributed by atoms with Crippen LogP contribution in [0.4, 0.5) is 0 Å². The number of hydrogen-bond acceptors (Lipinski definition) is 3. The van der Waals surface area contributed by atoms with E-state index in [-0.39, 0.29) is 17.5 Å². The number of carbonyl (C=O) groups is 1. The van der Waals surface area contributed by atoms with Crippen molar-refractivity contribution in [2.24, 2.45) is 5.73 Å². The van der Waals surface area contributed by atoms with Crippen LogP contribution in [0.15, 0.2) is 0 Å². The summed E-state index contributed by atoms with van der Waals surface area (Å²) in [6.07, 6.45) is 6.97. The van der Waals surface area contributed by atoms with Crippen LogP contribution in [0.5, 0.6) is 0 Å². The van der Waals surface area contributed by atoms with Crippen molar-refractivity contribution < 1.29 is 9.53 Å². The fourth-order valence-electron chi connectivity index (χ4n) is 2.68. The van der Waals surface area contributed by atoms with E-state index in [0.29, 0.717) is 13.0 Å². The van der Waals surface area contributed by atoms with Crippen molar-refractivity contribution in [3.8, 4) is 0 Å². The van der Waals surface area contributed by atoms with Crippen molar-refractivity contribution in [3.63, 3.8) is 0 Å². The first-order chi connectivity index (χ1) is 7.68. The number of carbonyl (C=O) groups excluding carboxylic acids is 1. The van der Waals surface area contributed by atoms with Gasteiger partial charge in [0.25, 0.3) is 0 Å². The van der Waals surface area contributed by atoms with E-state index in [2.05, 4.69) is 5.32 Å². The summed E-state index contributed by atoms with van der Waals surface area (Å²) in [4.78, 5) is 11.8. The Morgan fingerprint density at radius 3 is 2.75 bits per heavy atom. The largest absolute Gasteiger partial charge is 0.379 e. The molecule has 1 unspecified atom stereocenters. The van der Waals surface area contributed by atoms with Crippen LogP contribution in [-0.4, -0.2) is 30.7 Å². The molecule has 1 saturated heterocycles. The summed E-state index contributed by atoms with van der Waals surface area (Å²) in [5.41, 5.74) is 5.99. The zero-order valence-corrected chi connectivity index (χ0v) is 9.84. The Morgan fingerprint density at radius 2 is 2.12 bits per heavy atom. The second-order valence-electron chi connectivity index (χ2n) is 5.23. The molecule has 2 rings (SSSR count). The van der Waals surface area contributed by atoms with Gasteiger partial charge in [-0.05, 0) is 19.3 Å². The van der Waals surface area contributed by atoms with Crippen LogP contribution in [0, 0.1) is 0 Å². The lowest BCUT2D eigenvalue weighted by molar-refractivity contribution is -0.123. The normalized spacial score (nSPS) is 28.9. The summed E-state index contributed by atoms with van der Waals surface area (Å²) in [5.74, 6) is 0.0971. The first kappa shape index (κ1) is 11.9. The maximum atomic E-state index is 11.8. The van der Waals surface area contributed by atoms with Crippen molar-refractivity contribution in [2.45, 2.75) is 56.5 Å². The predicted octanol–water partition coefficient (Wildman–Crippen LogP) is 0.943. The SMILES string of the molecule is NC1(CC(=O)NC2CCOC2)CCCCC1. The molecule has 0 spiro atoms. The van der Waals surface area contributed by atoms with Gasteiger partial charge in [-0.2, -0.15) is 0 Å². The first-order valence-corrected chi connectivity index (χ1v) is 6.34. The Hall–Kier alpha value is -0.610. The van der Waals surface area contributed by atoms with E-state index in [1.54, 1.807) is 0 Å². The zero-order chi connectivity index (χ0) is 11.4. The molecule has 1 amide bonds. The highest BCUT2D eigenvalue weighted by atomic mass is 16.5. The molecule has 0 radical (unpaired) electrons. The average molecular weight is 226 g/mol. The lowest BCUT2D eigenvalue weighted by Crippen LogP contribution is -2.47. The molecule has 1 saturated carbocycles. The quantitative estimate of drug-likeness (QED) is 0.753. The highest BCUT2D eigenvalue weighted by Gasteiger charge is 2.30. The first-order valence-electron chi connectivity index (χ1n) is 6.34. The van der Waals surface area contributed by atoms with E-state index >= 15 is 0 Å². The third-order valence-corrected chi connectivity index (χ3v) is 3.66. The van der Waals surface area contributed by atoms with Gasteiger partial charge in [0, 0.05) is 18.6 Å². The van der Waals surface area contributed by atoms with Gasteiger partial charge in [0.2, 0.25) is 5.91 Å². The lowest BCUT2D eigenvalue weighted by Gasteiger charge is -2.33. The molecule has 0 aromatic rings. The van der Waals surface area contributed by atoms with Crippen molar-refractivity contribution in [3.05, 3.63) is 0 Å². The van der Waals surface area contributed by atoms with Crippen molar-refractivity contribution in [2.75, 3.05) is 13.2 Å². The molecule has 0 aromatic heterocycles. The summed E-state index contributed by atoms with van der Waals surface area (Å²) in [6.45, 7) is 1.42. The van der Waals surface area contributed by atoms with Gasteiger partial charge in [0.1, 0.15) is 0 Å². The van der Waals surface area contributed by atoms with Crippen LogP contribution in [0.2, 0.25) is 0 Å². The second-order valence-corrected chi connectivity index (χ2v) is 5.23. The van der Waals surface area contributed by atoms with E-state index in [0.717, 1.165) is 38.7 Å². The number of nitrogens with two attached hydrogens (primary N) is 1. The minimum Gasteiger partial charge on any atom is -0.379 e. The molecular weight excluding hydrogens is 204 g/mol. The van der Waals surface area contributed by atoms with E-state index in [1.165, 1.54) is 6.42 Å². The number of amides is 1. The van der Waals surface area contributed by atoms with Crippen LogP contribution in [0.25, 0.3) is 0 Å². The molecule has 0 bridgehead atoms. The van der Waals surface area contributed by atoms with Crippen LogP contribution in [0.1, 0.15) is 44.9 Å². The topological polar surface area (TPSA) is 64.4 Å². The molecule has 1 heterocycles. The molecule has 1 atom stereocenters. The maximum Gasteiger partial charge on any atom is 0.222 e. The Morgan fingerprint density at radius 1 is 1.38 bits per heavy atom. The number of nitrogens with one attached hydrogen (secondary N) is 1. The molecule has 1 aliphatic carbocycles. The van der Waals surface area contributed by atoms with Gasteiger partial charge in [-0.15, -0.1) is 0 Å². The summed E-state index contributed by atoms with van der Waals surface area (Å²) >= 11 is 0. The van der Waals surface area contributed by atoms with Gasteiger partial charge in [-0.1, -0.05) is 19.3 Å². The van der Waals surface area contributed by atoms with Gasteiger partial charge < -0.3 is 15.8 Å². The summed E-state index contributed by atoms with van der Waals surface area (Å²) in [7, 11) is 0. The molecular formula is C12H22N2O2. The van der Waals surface area contributed by atoms with Gasteiger partial charge in [-0.3, -0.25) is 4.79 Å². The summed E-state index contributed by atoms with van der Waals surface area (Å²) in [6, 6.07) is 0.208. The highest BCUT2D eigenvalue weighted by Crippen LogP contribution is 2.28. The van der Waals surface area contributed by atoms with Gasteiger partial charge in [0.05, 0.1) is 12.6 Å². The smallest absolute Gasteiger partial charge is 0.222 e. The third-order valence-electron chi connectivity index (χ3n) is 3.66. The van der Waals surface area contributed by atoms with Crippen molar-refractivity contribution >= 4 is 5.91 Å². The summed E-state index contributed by atoms with van der Waals surface area (Å²) < 4.78 is 5.23.